The number of benzene rings is 1. The van der Waals surface area contributed by atoms with Gasteiger partial charge >= 0.3 is 6.18 Å². The zero-order chi connectivity index (χ0) is 11.3. The van der Waals surface area contributed by atoms with Crippen molar-refractivity contribution < 1.29 is 17.9 Å². The van der Waals surface area contributed by atoms with E-state index in [1.54, 1.807) is 12.1 Å². The molecule has 0 aliphatic carbocycles. The van der Waals surface area contributed by atoms with Crippen LogP contribution in [0.2, 0.25) is 0 Å². The van der Waals surface area contributed by atoms with Gasteiger partial charge in [-0.15, -0.1) is 0 Å². The zero-order valence-electron chi connectivity index (χ0n) is 7.66. The highest BCUT2D eigenvalue weighted by Crippen LogP contribution is 2.18. The Hall–Kier alpha value is -1.72. The van der Waals surface area contributed by atoms with Crippen molar-refractivity contribution in [3.63, 3.8) is 0 Å². The molecule has 0 atom stereocenters. The van der Waals surface area contributed by atoms with E-state index < -0.39 is 12.8 Å². The Kier molecular flexibility index (Phi) is 3.54. The van der Waals surface area contributed by atoms with E-state index in [1.165, 1.54) is 18.3 Å². The first-order chi connectivity index (χ1) is 7.01. The van der Waals surface area contributed by atoms with Crippen molar-refractivity contribution in [3.05, 3.63) is 29.8 Å². The summed E-state index contributed by atoms with van der Waals surface area (Å²) >= 11 is 0. The molecule has 0 unspecified atom stereocenters. The Morgan fingerprint density at radius 1 is 1.40 bits per heavy atom. The first-order valence-corrected chi connectivity index (χ1v) is 4.04. The van der Waals surface area contributed by atoms with E-state index in [0.717, 1.165) is 0 Å². The number of nitrogens with zero attached hydrogens (tertiary/aromatic N) is 1. The van der Waals surface area contributed by atoms with Gasteiger partial charge in [0, 0.05) is 0 Å². The minimum atomic E-state index is -4.34. The molecule has 15 heavy (non-hydrogen) atoms. The Bertz CT molecular complexity index is 349. The van der Waals surface area contributed by atoms with Crippen LogP contribution in [-0.2, 0) is 0 Å². The topological polar surface area (TPSA) is 47.6 Å². The summed E-state index contributed by atoms with van der Waals surface area (Å²) in [6.07, 6.45) is -3.02. The third-order valence-electron chi connectivity index (χ3n) is 1.48. The van der Waals surface area contributed by atoms with Crippen molar-refractivity contribution in [2.45, 2.75) is 6.18 Å². The predicted molar refractivity (Wildman–Crippen MR) is 49.8 cm³/mol. The van der Waals surface area contributed by atoms with Crippen LogP contribution in [0.1, 0.15) is 5.56 Å². The van der Waals surface area contributed by atoms with Crippen LogP contribution in [0.5, 0.6) is 5.75 Å². The third-order valence-corrected chi connectivity index (χ3v) is 1.48. The van der Waals surface area contributed by atoms with Crippen molar-refractivity contribution >= 4 is 6.21 Å². The summed E-state index contributed by atoms with van der Waals surface area (Å²) in [5, 5.41) is 3.25. The molecular weight excluding hydrogens is 209 g/mol. The Morgan fingerprint density at radius 3 is 2.73 bits per heavy atom. The van der Waals surface area contributed by atoms with Gasteiger partial charge < -0.3 is 10.6 Å². The number of hydrogen-bond acceptors (Lipinski definition) is 3. The maximum Gasteiger partial charge on any atom is 0.422 e. The lowest BCUT2D eigenvalue weighted by atomic mass is 10.2. The Balaban J connectivity index is 2.66. The first-order valence-electron chi connectivity index (χ1n) is 4.04. The van der Waals surface area contributed by atoms with Gasteiger partial charge in [-0.1, -0.05) is 12.1 Å². The van der Waals surface area contributed by atoms with Crippen LogP contribution in [0.25, 0.3) is 0 Å². The molecule has 0 amide bonds. The summed E-state index contributed by atoms with van der Waals surface area (Å²) in [6.45, 7) is -1.31. The number of halogens is 3. The highest BCUT2D eigenvalue weighted by molar-refractivity contribution is 5.79. The normalized spacial score (nSPS) is 11.9. The molecule has 0 saturated heterocycles. The fourth-order valence-corrected chi connectivity index (χ4v) is 0.936. The summed E-state index contributed by atoms with van der Waals surface area (Å²) < 4.78 is 40.0. The minimum Gasteiger partial charge on any atom is -0.484 e. The largest absolute Gasteiger partial charge is 0.484 e. The summed E-state index contributed by atoms with van der Waals surface area (Å²) in [6, 6.07) is 6.06. The molecule has 1 aromatic carbocycles. The predicted octanol–water partition coefficient (Wildman–Crippen LogP) is 1.92. The Morgan fingerprint density at radius 2 is 2.13 bits per heavy atom. The van der Waals surface area contributed by atoms with Crippen LogP contribution in [0.15, 0.2) is 29.4 Å². The molecular formula is C9H9F3N2O. The first kappa shape index (κ1) is 11.4. The molecule has 6 heteroatoms. The molecule has 0 saturated carbocycles. The lowest BCUT2D eigenvalue weighted by Gasteiger charge is -2.09. The van der Waals surface area contributed by atoms with Crippen molar-refractivity contribution in [3.8, 4) is 5.75 Å². The Labute approximate surface area is 84.3 Å². The lowest BCUT2D eigenvalue weighted by molar-refractivity contribution is -0.153. The van der Waals surface area contributed by atoms with Crippen LogP contribution in [0.4, 0.5) is 13.2 Å². The highest BCUT2D eigenvalue weighted by atomic mass is 19.4. The van der Waals surface area contributed by atoms with Crippen LogP contribution < -0.4 is 10.6 Å². The lowest BCUT2D eigenvalue weighted by Crippen LogP contribution is -2.19. The second kappa shape index (κ2) is 4.68. The standard InChI is InChI=1S/C9H9F3N2O/c10-9(11,12)6-15-8-3-1-2-7(4-8)5-14-13/h1-5H,6,13H2. The summed E-state index contributed by atoms with van der Waals surface area (Å²) in [4.78, 5) is 0. The minimum absolute atomic E-state index is 0.129. The number of alkyl halides is 3. The molecule has 0 radical (unpaired) electrons. The van der Waals surface area contributed by atoms with Crippen molar-refractivity contribution in [1.82, 2.24) is 0 Å². The van der Waals surface area contributed by atoms with Gasteiger partial charge in [0.25, 0.3) is 0 Å². The quantitative estimate of drug-likeness (QED) is 0.478. The second-order valence-electron chi connectivity index (χ2n) is 2.75. The van der Waals surface area contributed by atoms with E-state index in [2.05, 4.69) is 9.84 Å². The van der Waals surface area contributed by atoms with Crippen LogP contribution in [0, 0.1) is 0 Å². The van der Waals surface area contributed by atoms with Gasteiger partial charge in [-0.25, -0.2) is 0 Å². The zero-order valence-corrected chi connectivity index (χ0v) is 7.66. The molecule has 3 nitrogen and oxygen atoms in total. The molecule has 1 aromatic rings. The van der Waals surface area contributed by atoms with Crippen molar-refractivity contribution in [2.24, 2.45) is 10.9 Å². The molecule has 0 spiro atoms. The van der Waals surface area contributed by atoms with E-state index in [-0.39, 0.29) is 5.75 Å². The average Bonchev–Trinajstić information content (AvgIpc) is 2.15. The number of hydrazone groups is 1. The number of hydrogen-bond donors (Lipinski definition) is 1. The van der Waals surface area contributed by atoms with Gasteiger partial charge in [0.2, 0.25) is 0 Å². The summed E-state index contributed by atoms with van der Waals surface area (Å²) in [5.41, 5.74) is 0.581. The third kappa shape index (κ3) is 4.35. The highest BCUT2D eigenvalue weighted by Gasteiger charge is 2.28. The van der Waals surface area contributed by atoms with Crippen LogP contribution >= 0.6 is 0 Å². The SMILES string of the molecule is NN=Cc1cccc(OCC(F)(F)F)c1. The number of rotatable bonds is 3. The molecule has 0 fully saturated rings. The smallest absolute Gasteiger partial charge is 0.422 e. The van der Waals surface area contributed by atoms with E-state index in [9.17, 15) is 13.2 Å². The maximum absolute atomic E-state index is 11.8. The fraction of sp³-hybridized carbons (Fsp3) is 0.222. The number of nitrogens with two attached hydrogens (primary N) is 1. The van der Waals surface area contributed by atoms with E-state index >= 15 is 0 Å². The van der Waals surface area contributed by atoms with Crippen molar-refractivity contribution in [1.29, 1.82) is 0 Å². The van der Waals surface area contributed by atoms with Crippen LogP contribution in [0.3, 0.4) is 0 Å². The van der Waals surface area contributed by atoms with Gasteiger partial charge in [0.15, 0.2) is 6.61 Å². The maximum atomic E-state index is 11.8. The molecule has 82 valence electrons. The van der Waals surface area contributed by atoms with Gasteiger partial charge in [-0.05, 0) is 17.7 Å². The van der Waals surface area contributed by atoms with Gasteiger partial charge in [0.05, 0.1) is 6.21 Å². The molecule has 1 rings (SSSR count). The van der Waals surface area contributed by atoms with E-state index in [0.29, 0.717) is 5.56 Å². The summed E-state index contributed by atoms with van der Waals surface area (Å²) in [7, 11) is 0. The van der Waals surface area contributed by atoms with Crippen LogP contribution in [-0.4, -0.2) is 19.0 Å². The van der Waals surface area contributed by atoms with Crippen molar-refractivity contribution in [2.75, 3.05) is 6.61 Å². The second-order valence-corrected chi connectivity index (χ2v) is 2.75. The van der Waals surface area contributed by atoms with E-state index in [1.807, 2.05) is 0 Å². The fourth-order valence-electron chi connectivity index (χ4n) is 0.936. The monoisotopic (exact) mass is 218 g/mol. The molecule has 0 bridgehead atoms. The summed E-state index contributed by atoms with van der Waals surface area (Å²) in [5.74, 6) is 5.03. The molecule has 0 heterocycles. The van der Waals surface area contributed by atoms with Gasteiger partial charge in [-0.2, -0.15) is 18.3 Å². The molecule has 2 N–H and O–H groups in total. The molecule has 0 aromatic heterocycles. The average molecular weight is 218 g/mol. The van der Waals surface area contributed by atoms with Gasteiger partial charge in [0.1, 0.15) is 5.75 Å². The van der Waals surface area contributed by atoms with Gasteiger partial charge in [-0.3, -0.25) is 0 Å². The molecule has 0 aliphatic heterocycles. The van der Waals surface area contributed by atoms with E-state index in [4.69, 9.17) is 5.84 Å². The number of ether oxygens (including phenoxy) is 1. The molecule has 0 aliphatic rings.